The first kappa shape index (κ1) is 12.2. The molecule has 3 N–H and O–H groups in total. The van der Waals surface area contributed by atoms with Gasteiger partial charge < -0.3 is 10.4 Å². The molecule has 5 heteroatoms. The molecule has 0 bridgehead atoms. The number of aryl methyl sites for hydroxylation is 1. The summed E-state index contributed by atoms with van der Waals surface area (Å²) in [6.45, 7) is 0.554. The standard InChI is InChI=1S/C13H15N3O2/c17-12(10-5-2-1-3-6-10)14-8-4-7-11-9-15-16-13(11)18/h1-3,5-6,9H,4,7-8H2,(H,14,17)(H2,15,16,18). The lowest BCUT2D eigenvalue weighted by atomic mass is 10.2. The minimum Gasteiger partial charge on any atom is -0.352 e. The molecule has 5 nitrogen and oxygen atoms in total. The summed E-state index contributed by atoms with van der Waals surface area (Å²) in [6, 6.07) is 9.07. The van der Waals surface area contributed by atoms with Crippen molar-refractivity contribution in [1.82, 2.24) is 15.5 Å². The molecule has 0 radical (unpaired) electrons. The molecule has 2 rings (SSSR count). The van der Waals surface area contributed by atoms with Gasteiger partial charge in [0.15, 0.2) is 0 Å². The van der Waals surface area contributed by atoms with Crippen LogP contribution in [0.2, 0.25) is 0 Å². The molecule has 0 aliphatic rings. The van der Waals surface area contributed by atoms with Crippen molar-refractivity contribution in [3.05, 3.63) is 58.0 Å². The molecule has 1 aromatic heterocycles. The Morgan fingerprint density at radius 1 is 1.22 bits per heavy atom. The Kier molecular flexibility index (Phi) is 3.96. The molecule has 0 unspecified atom stereocenters. The van der Waals surface area contributed by atoms with Gasteiger partial charge in [-0.25, -0.2) is 0 Å². The van der Waals surface area contributed by atoms with Gasteiger partial charge >= 0.3 is 0 Å². The Morgan fingerprint density at radius 2 is 2.00 bits per heavy atom. The third kappa shape index (κ3) is 3.10. The highest BCUT2D eigenvalue weighted by molar-refractivity contribution is 5.94. The van der Waals surface area contributed by atoms with E-state index in [0.29, 0.717) is 24.1 Å². The molecule has 1 heterocycles. The molecule has 18 heavy (non-hydrogen) atoms. The van der Waals surface area contributed by atoms with Gasteiger partial charge in [-0.1, -0.05) is 18.2 Å². The lowest BCUT2D eigenvalue weighted by Crippen LogP contribution is -2.25. The second-order valence-electron chi connectivity index (χ2n) is 3.99. The summed E-state index contributed by atoms with van der Waals surface area (Å²) in [5, 5.41) is 7.94. The largest absolute Gasteiger partial charge is 0.352 e. The second-order valence-corrected chi connectivity index (χ2v) is 3.99. The number of carbonyl (C=O) groups excluding carboxylic acids is 1. The Morgan fingerprint density at radius 3 is 2.67 bits per heavy atom. The molecule has 0 saturated carbocycles. The van der Waals surface area contributed by atoms with Gasteiger partial charge in [-0.3, -0.25) is 14.7 Å². The van der Waals surface area contributed by atoms with Gasteiger partial charge in [0.25, 0.3) is 11.5 Å². The van der Waals surface area contributed by atoms with Crippen LogP contribution in [0.15, 0.2) is 41.3 Å². The number of aromatic amines is 2. The molecular formula is C13H15N3O2. The number of hydrogen-bond acceptors (Lipinski definition) is 2. The smallest absolute Gasteiger partial charge is 0.267 e. The molecule has 0 aliphatic heterocycles. The van der Waals surface area contributed by atoms with Crippen molar-refractivity contribution in [2.75, 3.05) is 6.54 Å². The van der Waals surface area contributed by atoms with Crippen LogP contribution in [0.25, 0.3) is 0 Å². The van der Waals surface area contributed by atoms with Crippen LogP contribution in [0.3, 0.4) is 0 Å². The van der Waals surface area contributed by atoms with E-state index in [-0.39, 0.29) is 11.5 Å². The van der Waals surface area contributed by atoms with Gasteiger partial charge in [0.05, 0.1) is 0 Å². The zero-order chi connectivity index (χ0) is 12.8. The molecule has 94 valence electrons. The number of nitrogens with one attached hydrogen (secondary N) is 3. The fourth-order valence-electron chi connectivity index (χ4n) is 1.69. The van der Waals surface area contributed by atoms with Gasteiger partial charge in [-0.2, -0.15) is 0 Å². The molecule has 0 aliphatic carbocycles. The van der Waals surface area contributed by atoms with Crippen molar-refractivity contribution in [1.29, 1.82) is 0 Å². The summed E-state index contributed by atoms with van der Waals surface area (Å²) >= 11 is 0. The van der Waals surface area contributed by atoms with E-state index in [1.54, 1.807) is 18.3 Å². The third-order valence-electron chi connectivity index (χ3n) is 2.67. The van der Waals surface area contributed by atoms with Crippen LogP contribution in [0.4, 0.5) is 0 Å². The predicted octanol–water partition coefficient (Wildman–Crippen LogP) is 1.07. The second kappa shape index (κ2) is 5.86. The Balaban J connectivity index is 1.75. The van der Waals surface area contributed by atoms with E-state index in [1.165, 1.54) is 0 Å². The van der Waals surface area contributed by atoms with Gasteiger partial charge in [0.2, 0.25) is 0 Å². The molecule has 0 fully saturated rings. The number of rotatable bonds is 5. The highest BCUT2D eigenvalue weighted by atomic mass is 16.1. The van der Waals surface area contributed by atoms with E-state index in [0.717, 1.165) is 6.42 Å². The molecule has 1 amide bonds. The first-order chi connectivity index (χ1) is 8.77. The van der Waals surface area contributed by atoms with Crippen molar-refractivity contribution >= 4 is 5.91 Å². The van der Waals surface area contributed by atoms with E-state index in [4.69, 9.17) is 0 Å². The monoisotopic (exact) mass is 245 g/mol. The number of aromatic nitrogens is 2. The van der Waals surface area contributed by atoms with Crippen LogP contribution in [0, 0.1) is 0 Å². The molecule has 1 aromatic carbocycles. The van der Waals surface area contributed by atoms with Crippen LogP contribution in [0.1, 0.15) is 22.3 Å². The number of H-pyrrole nitrogens is 2. The maximum absolute atomic E-state index is 11.7. The van der Waals surface area contributed by atoms with Crippen LogP contribution < -0.4 is 10.9 Å². The summed E-state index contributed by atoms with van der Waals surface area (Å²) in [6.07, 6.45) is 3.04. The van der Waals surface area contributed by atoms with Crippen LogP contribution in [-0.4, -0.2) is 22.6 Å². The highest BCUT2D eigenvalue weighted by Gasteiger charge is 2.04. The summed E-state index contributed by atoms with van der Waals surface area (Å²) < 4.78 is 0. The zero-order valence-electron chi connectivity index (χ0n) is 9.90. The van der Waals surface area contributed by atoms with E-state index in [1.807, 2.05) is 18.2 Å². The minimum atomic E-state index is -0.0932. The molecular weight excluding hydrogens is 230 g/mol. The molecule has 0 spiro atoms. The van der Waals surface area contributed by atoms with Crippen molar-refractivity contribution in [3.63, 3.8) is 0 Å². The number of carbonyl (C=O) groups is 1. The minimum absolute atomic E-state index is 0.0846. The summed E-state index contributed by atoms with van der Waals surface area (Å²) in [4.78, 5) is 22.9. The third-order valence-corrected chi connectivity index (χ3v) is 2.67. The van der Waals surface area contributed by atoms with Gasteiger partial charge in [0.1, 0.15) is 0 Å². The number of hydrogen-bond donors (Lipinski definition) is 3. The number of benzene rings is 1. The number of amides is 1. The SMILES string of the molecule is O=C(NCCCc1c[nH][nH]c1=O)c1ccccc1. The highest BCUT2D eigenvalue weighted by Crippen LogP contribution is 1.98. The maximum atomic E-state index is 11.7. The fraction of sp³-hybridized carbons (Fsp3) is 0.231. The lowest BCUT2D eigenvalue weighted by molar-refractivity contribution is 0.0953. The average Bonchev–Trinajstić information content (AvgIpc) is 2.81. The fourth-order valence-corrected chi connectivity index (χ4v) is 1.69. The predicted molar refractivity (Wildman–Crippen MR) is 68.5 cm³/mol. The summed E-state index contributed by atoms with van der Waals surface area (Å²) in [7, 11) is 0. The first-order valence-corrected chi connectivity index (χ1v) is 5.85. The zero-order valence-corrected chi connectivity index (χ0v) is 9.90. The van der Waals surface area contributed by atoms with Gasteiger partial charge in [0, 0.05) is 23.9 Å². The van der Waals surface area contributed by atoms with Crippen molar-refractivity contribution in [2.45, 2.75) is 12.8 Å². The topological polar surface area (TPSA) is 77.8 Å². The Hall–Kier alpha value is -2.30. The van der Waals surface area contributed by atoms with Crippen LogP contribution >= 0.6 is 0 Å². The maximum Gasteiger partial charge on any atom is 0.267 e. The van der Waals surface area contributed by atoms with Crippen molar-refractivity contribution in [3.8, 4) is 0 Å². The summed E-state index contributed by atoms with van der Waals surface area (Å²) in [5.41, 5.74) is 1.27. The quantitative estimate of drug-likeness (QED) is 0.689. The normalized spacial score (nSPS) is 10.2. The Bertz CT molecular complexity index is 557. The average molecular weight is 245 g/mol. The van der Waals surface area contributed by atoms with Gasteiger partial charge in [-0.15, -0.1) is 0 Å². The van der Waals surface area contributed by atoms with E-state index in [2.05, 4.69) is 15.5 Å². The van der Waals surface area contributed by atoms with Gasteiger partial charge in [-0.05, 0) is 25.0 Å². The van der Waals surface area contributed by atoms with Crippen LogP contribution in [-0.2, 0) is 6.42 Å². The Labute approximate surface area is 104 Å². The van der Waals surface area contributed by atoms with E-state index in [9.17, 15) is 9.59 Å². The lowest BCUT2D eigenvalue weighted by Gasteiger charge is -2.03. The van der Waals surface area contributed by atoms with E-state index < -0.39 is 0 Å². The van der Waals surface area contributed by atoms with Crippen LogP contribution in [0.5, 0.6) is 0 Å². The van der Waals surface area contributed by atoms with E-state index >= 15 is 0 Å². The van der Waals surface area contributed by atoms with Crippen molar-refractivity contribution in [2.24, 2.45) is 0 Å². The molecule has 0 atom stereocenters. The van der Waals surface area contributed by atoms with Crippen molar-refractivity contribution < 1.29 is 4.79 Å². The summed E-state index contributed by atoms with van der Waals surface area (Å²) in [5.74, 6) is -0.0846. The first-order valence-electron chi connectivity index (χ1n) is 5.85. The molecule has 2 aromatic rings. The molecule has 0 saturated heterocycles.